The van der Waals surface area contributed by atoms with Crippen molar-refractivity contribution in [3.05, 3.63) is 0 Å². The van der Waals surface area contributed by atoms with E-state index in [0.717, 1.165) is 19.5 Å². The molecule has 1 aliphatic heterocycles. The molecular weight excluding hydrogens is 116 g/mol. The van der Waals surface area contributed by atoms with Gasteiger partial charge in [-0.1, -0.05) is 0 Å². The van der Waals surface area contributed by atoms with Gasteiger partial charge in [-0.15, -0.1) is 0 Å². The van der Waals surface area contributed by atoms with Gasteiger partial charge >= 0.3 is 0 Å². The molecule has 1 rings (SSSR count). The summed E-state index contributed by atoms with van der Waals surface area (Å²) in [5, 5.41) is 15.3. The zero-order chi connectivity index (χ0) is 6.69. The molecule has 0 aromatic heterocycles. The molecule has 0 amide bonds. The molecule has 0 spiro atoms. The molecular formula is C6H14N2O. The summed E-state index contributed by atoms with van der Waals surface area (Å²) in [5.41, 5.74) is 0. The quantitative estimate of drug-likeness (QED) is 0.423. The lowest BCUT2D eigenvalue weighted by Crippen LogP contribution is -2.47. The standard InChI is InChI=1S/C6H14N2O/c1-7-5-2-6(9)4-8-3-5/h5-9H,2-4H2,1H3/t5-,6-/m0/s1. The first-order valence-corrected chi connectivity index (χ1v) is 3.39. The van der Waals surface area contributed by atoms with Crippen molar-refractivity contribution < 1.29 is 5.11 Å². The molecule has 0 radical (unpaired) electrons. The van der Waals surface area contributed by atoms with Gasteiger partial charge in [0.15, 0.2) is 0 Å². The van der Waals surface area contributed by atoms with Crippen molar-refractivity contribution in [3.8, 4) is 0 Å². The van der Waals surface area contributed by atoms with Gasteiger partial charge in [-0.25, -0.2) is 0 Å². The Morgan fingerprint density at radius 1 is 1.56 bits per heavy atom. The van der Waals surface area contributed by atoms with Gasteiger partial charge < -0.3 is 15.7 Å². The van der Waals surface area contributed by atoms with Crippen LogP contribution in [0.15, 0.2) is 0 Å². The van der Waals surface area contributed by atoms with Crippen LogP contribution >= 0.6 is 0 Å². The third-order valence-electron chi connectivity index (χ3n) is 1.74. The van der Waals surface area contributed by atoms with Gasteiger partial charge in [0.25, 0.3) is 0 Å². The molecule has 1 aliphatic rings. The molecule has 3 heteroatoms. The molecule has 3 N–H and O–H groups in total. The summed E-state index contributed by atoms with van der Waals surface area (Å²) in [7, 11) is 1.92. The van der Waals surface area contributed by atoms with Gasteiger partial charge in [-0.2, -0.15) is 0 Å². The summed E-state index contributed by atoms with van der Waals surface area (Å²) in [6.07, 6.45) is 0.722. The molecule has 0 saturated carbocycles. The van der Waals surface area contributed by atoms with Crippen LogP contribution in [0.3, 0.4) is 0 Å². The fourth-order valence-electron chi connectivity index (χ4n) is 1.14. The van der Waals surface area contributed by atoms with Crippen LogP contribution in [0.5, 0.6) is 0 Å². The van der Waals surface area contributed by atoms with E-state index >= 15 is 0 Å². The summed E-state index contributed by atoms with van der Waals surface area (Å²) < 4.78 is 0. The first-order chi connectivity index (χ1) is 4.33. The molecule has 1 heterocycles. The van der Waals surface area contributed by atoms with Crippen LogP contribution in [-0.4, -0.2) is 37.4 Å². The first kappa shape index (κ1) is 6.99. The van der Waals surface area contributed by atoms with Crippen molar-refractivity contribution in [1.82, 2.24) is 10.6 Å². The smallest absolute Gasteiger partial charge is 0.0679 e. The molecule has 1 saturated heterocycles. The van der Waals surface area contributed by atoms with Gasteiger partial charge in [0.1, 0.15) is 0 Å². The Hall–Kier alpha value is -0.120. The number of likely N-dealkylation sites (N-methyl/N-ethyl adjacent to an activating group) is 1. The minimum absolute atomic E-state index is 0.156. The largest absolute Gasteiger partial charge is 0.392 e. The molecule has 9 heavy (non-hydrogen) atoms. The lowest BCUT2D eigenvalue weighted by molar-refractivity contribution is 0.126. The summed E-state index contributed by atoms with van der Waals surface area (Å²) in [6, 6.07) is 0.453. The zero-order valence-corrected chi connectivity index (χ0v) is 5.72. The molecule has 0 bridgehead atoms. The van der Waals surface area contributed by atoms with Crippen molar-refractivity contribution in [2.75, 3.05) is 20.1 Å². The molecule has 54 valence electrons. The molecule has 2 atom stereocenters. The van der Waals surface area contributed by atoms with Gasteiger partial charge in [0, 0.05) is 19.1 Å². The Morgan fingerprint density at radius 2 is 2.33 bits per heavy atom. The second kappa shape index (κ2) is 3.15. The van der Waals surface area contributed by atoms with Crippen LogP contribution in [0, 0.1) is 0 Å². The van der Waals surface area contributed by atoms with E-state index in [9.17, 15) is 0 Å². The van der Waals surface area contributed by atoms with Crippen molar-refractivity contribution >= 4 is 0 Å². The topological polar surface area (TPSA) is 44.3 Å². The minimum atomic E-state index is -0.156. The lowest BCUT2D eigenvalue weighted by atomic mass is 10.1. The predicted octanol–water partition coefficient (Wildman–Crippen LogP) is -1.07. The highest BCUT2D eigenvalue weighted by molar-refractivity contribution is 4.78. The van der Waals surface area contributed by atoms with Crippen LogP contribution in [0.2, 0.25) is 0 Å². The summed E-state index contributed by atoms with van der Waals surface area (Å²) >= 11 is 0. The number of aliphatic hydroxyl groups is 1. The minimum Gasteiger partial charge on any atom is -0.392 e. The second-order valence-corrected chi connectivity index (χ2v) is 2.53. The average Bonchev–Trinajstić information content (AvgIpc) is 1.88. The number of hydrogen-bond acceptors (Lipinski definition) is 3. The van der Waals surface area contributed by atoms with Crippen LogP contribution in [-0.2, 0) is 0 Å². The highest BCUT2D eigenvalue weighted by atomic mass is 16.3. The number of piperidine rings is 1. The van der Waals surface area contributed by atoms with E-state index in [4.69, 9.17) is 5.11 Å². The Labute approximate surface area is 55.5 Å². The van der Waals surface area contributed by atoms with Crippen LogP contribution < -0.4 is 10.6 Å². The highest BCUT2D eigenvalue weighted by Gasteiger charge is 2.16. The average molecular weight is 130 g/mol. The third-order valence-corrected chi connectivity index (χ3v) is 1.74. The van der Waals surface area contributed by atoms with E-state index in [1.807, 2.05) is 7.05 Å². The van der Waals surface area contributed by atoms with E-state index in [0.29, 0.717) is 6.04 Å². The monoisotopic (exact) mass is 130 g/mol. The van der Waals surface area contributed by atoms with E-state index in [-0.39, 0.29) is 6.10 Å². The van der Waals surface area contributed by atoms with Gasteiger partial charge in [-0.3, -0.25) is 0 Å². The number of rotatable bonds is 1. The summed E-state index contributed by atoms with van der Waals surface area (Å²) in [5.74, 6) is 0. The van der Waals surface area contributed by atoms with Gasteiger partial charge in [0.05, 0.1) is 6.10 Å². The van der Waals surface area contributed by atoms with Crippen molar-refractivity contribution in [3.63, 3.8) is 0 Å². The lowest BCUT2D eigenvalue weighted by Gasteiger charge is -2.26. The van der Waals surface area contributed by atoms with Crippen LogP contribution in [0.4, 0.5) is 0 Å². The molecule has 0 aromatic carbocycles. The first-order valence-electron chi connectivity index (χ1n) is 3.39. The molecule has 1 fully saturated rings. The van der Waals surface area contributed by atoms with E-state index in [2.05, 4.69) is 10.6 Å². The van der Waals surface area contributed by atoms with Crippen molar-refractivity contribution in [2.24, 2.45) is 0 Å². The van der Waals surface area contributed by atoms with E-state index in [1.165, 1.54) is 0 Å². The maximum absolute atomic E-state index is 9.11. The third kappa shape index (κ3) is 1.93. The fraction of sp³-hybridized carbons (Fsp3) is 1.00. The SMILES string of the molecule is CN[C@@H]1CNC[C@@H](O)C1. The molecule has 0 unspecified atom stereocenters. The Bertz CT molecular complexity index is 87.1. The normalized spacial score (nSPS) is 36.7. The zero-order valence-electron chi connectivity index (χ0n) is 5.72. The number of nitrogens with one attached hydrogen (secondary N) is 2. The van der Waals surface area contributed by atoms with E-state index < -0.39 is 0 Å². The van der Waals surface area contributed by atoms with Crippen LogP contribution in [0.1, 0.15) is 6.42 Å². The molecule has 0 aliphatic carbocycles. The van der Waals surface area contributed by atoms with Gasteiger partial charge in [0.2, 0.25) is 0 Å². The van der Waals surface area contributed by atoms with Gasteiger partial charge in [-0.05, 0) is 13.5 Å². The van der Waals surface area contributed by atoms with Crippen LogP contribution in [0.25, 0.3) is 0 Å². The van der Waals surface area contributed by atoms with Crippen molar-refractivity contribution in [1.29, 1.82) is 0 Å². The summed E-state index contributed by atoms with van der Waals surface area (Å²) in [4.78, 5) is 0. The maximum Gasteiger partial charge on any atom is 0.0679 e. The molecule has 0 aromatic rings. The Balaban J connectivity index is 2.23. The fourth-order valence-corrected chi connectivity index (χ4v) is 1.14. The highest BCUT2D eigenvalue weighted by Crippen LogP contribution is 2.00. The van der Waals surface area contributed by atoms with E-state index in [1.54, 1.807) is 0 Å². The predicted molar refractivity (Wildman–Crippen MR) is 36.3 cm³/mol. The van der Waals surface area contributed by atoms with Crippen molar-refractivity contribution in [2.45, 2.75) is 18.6 Å². The number of β-amino-alcohol motifs (C(OH)–C–C–N with tert-alkyl or cyclic N) is 1. The molecule has 3 nitrogen and oxygen atoms in total. The Kier molecular flexibility index (Phi) is 2.45. The second-order valence-electron chi connectivity index (χ2n) is 2.53. The number of hydrogen-bond donors (Lipinski definition) is 3. The number of aliphatic hydroxyl groups excluding tert-OH is 1. The summed E-state index contributed by atoms with van der Waals surface area (Å²) in [6.45, 7) is 1.73. The Morgan fingerprint density at radius 3 is 2.78 bits per heavy atom. The maximum atomic E-state index is 9.11.